The number of ether oxygens (including phenoxy) is 2. The molecule has 176 valence electrons. The van der Waals surface area contributed by atoms with E-state index in [9.17, 15) is 4.79 Å². The Hall–Kier alpha value is -3.15. The predicted molar refractivity (Wildman–Crippen MR) is 138 cm³/mol. The van der Waals surface area contributed by atoms with Gasteiger partial charge in [0.15, 0.2) is 0 Å². The number of halogens is 2. The molecule has 0 aliphatic heterocycles. The maximum atomic E-state index is 12.8. The van der Waals surface area contributed by atoms with E-state index in [0.717, 1.165) is 33.3 Å². The Kier molecular flexibility index (Phi) is 7.35. The molecule has 0 saturated carbocycles. The second-order valence-corrected chi connectivity index (χ2v) is 8.74. The number of fused-ring (bicyclic) bond motifs is 1. The summed E-state index contributed by atoms with van der Waals surface area (Å²) in [6, 6.07) is 19.1. The summed E-state index contributed by atoms with van der Waals surface area (Å²) in [6.07, 6.45) is 1.63. The Morgan fingerprint density at radius 1 is 0.971 bits per heavy atom. The molecule has 1 aromatic heterocycles. The lowest BCUT2D eigenvalue weighted by molar-refractivity contribution is 0.157. The number of carbonyl (C=O) groups is 1. The zero-order valence-electron chi connectivity index (χ0n) is 19.3. The standard InChI is InChI=1S/C27H26Cl2N2O3/c1-4-30(5-2)27(32)34-25-10-9-24-23(26(25)19-14-20(28)16-21(29)15-19)11-12-31(24)17-18-7-6-8-22(13-18)33-3/h6-16H,4-5,17H2,1-3H3. The van der Waals surface area contributed by atoms with E-state index in [-0.39, 0.29) is 0 Å². The number of nitrogens with zero attached hydrogens (tertiary/aromatic N) is 2. The van der Waals surface area contributed by atoms with Crippen LogP contribution in [0.25, 0.3) is 22.0 Å². The highest BCUT2D eigenvalue weighted by Gasteiger charge is 2.19. The van der Waals surface area contributed by atoms with Gasteiger partial charge < -0.3 is 18.9 Å². The van der Waals surface area contributed by atoms with Crippen molar-refractivity contribution in [2.24, 2.45) is 0 Å². The summed E-state index contributed by atoms with van der Waals surface area (Å²) in [7, 11) is 1.66. The minimum atomic E-state index is -0.394. The van der Waals surface area contributed by atoms with Gasteiger partial charge in [0.1, 0.15) is 11.5 Å². The smallest absolute Gasteiger partial charge is 0.415 e. The van der Waals surface area contributed by atoms with Crippen LogP contribution in [0, 0.1) is 0 Å². The van der Waals surface area contributed by atoms with E-state index in [1.165, 1.54) is 0 Å². The number of benzene rings is 3. The van der Waals surface area contributed by atoms with Gasteiger partial charge in [0.25, 0.3) is 0 Å². The molecular weight excluding hydrogens is 471 g/mol. The van der Waals surface area contributed by atoms with E-state index in [1.807, 2.05) is 68.6 Å². The lowest BCUT2D eigenvalue weighted by Crippen LogP contribution is -2.33. The molecule has 0 spiro atoms. The first-order chi connectivity index (χ1) is 16.4. The first-order valence-electron chi connectivity index (χ1n) is 11.1. The van der Waals surface area contributed by atoms with Crippen LogP contribution in [-0.2, 0) is 6.54 Å². The molecule has 0 N–H and O–H groups in total. The Morgan fingerprint density at radius 3 is 2.38 bits per heavy atom. The molecule has 1 heterocycles. The third kappa shape index (κ3) is 5.01. The van der Waals surface area contributed by atoms with Crippen LogP contribution in [0.5, 0.6) is 11.5 Å². The summed E-state index contributed by atoms with van der Waals surface area (Å²) in [6.45, 7) is 5.63. The molecule has 3 aromatic carbocycles. The highest BCUT2D eigenvalue weighted by Crippen LogP contribution is 2.40. The fourth-order valence-electron chi connectivity index (χ4n) is 4.08. The van der Waals surface area contributed by atoms with Crippen LogP contribution < -0.4 is 9.47 Å². The van der Waals surface area contributed by atoms with E-state index in [2.05, 4.69) is 10.6 Å². The minimum Gasteiger partial charge on any atom is -0.497 e. The molecule has 4 rings (SSSR count). The second-order valence-electron chi connectivity index (χ2n) is 7.87. The van der Waals surface area contributed by atoms with E-state index >= 15 is 0 Å². The van der Waals surface area contributed by atoms with E-state index in [4.69, 9.17) is 32.7 Å². The van der Waals surface area contributed by atoms with Crippen LogP contribution in [0.15, 0.2) is 66.9 Å². The van der Waals surface area contributed by atoms with Crippen molar-refractivity contribution >= 4 is 40.2 Å². The Morgan fingerprint density at radius 2 is 1.71 bits per heavy atom. The summed E-state index contributed by atoms with van der Waals surface area (Å²) < 4.78 is 13.4. The maximum Gasteiger partial charge on any atom is 0.415 e. The quantitative estimate of drug-likeness (QED) is 0.265. The molecule has 0 radical (unpaired) electrons. The molecule has 5 nitrogen and oxygen atoms in total. The lowest BCUT2D eigenvalue weighted by Gasteiger charge is -2.20. The summed E-state index contributed by atoms with van der Waals surface area (Å²) in [5, 5.41) is 1.96. The zero-order chi connectivity index (χ0) is 24.2. The van der Waals surface area contributed by atoms with Gasteiger partial charge in [-0.25, -0.2) is 4.79 Å². The molecule has 7 heteroatoms. The average Bonchev–Trinajstić information content (AvgIpc) is 3.21. The van der Waals surface area contributed by atoms with Gasteiger partial charge in [-0.2, -0.15) is 0 Å². The Bertz CT molecular complexity index is 1310. The van der Waals surface area contributed by atoms with Gasteiger partial charge >= 0.3 is 6.09 Å². The van der Waals surface area contributed by atoms with E-state index < -0.39 is 6.09 Å². The molecule has 0 fully saturated rings. The van der Waals surface area contributed by atoms with Crippen molar-refractivity contribution in [1.29, 1.82) is 0 Å². The molecule has 0 aliphatic carbocycles. The molecule has 0 bridgehead atoms. The molecule has 34 heavy (non-hydrogen) atoms. The number of aromatic nitrogens is 1. The number of carbonyl (C=O) groups excluding carboxylic acids is 1. The number of hydrogen-bond donors (Lipinski definition) is 0. The van der Waals surface area contributed by atoms with Crippen molar-refractivity contribution < 1.29 is 14.3 Å². The van der Waals surface area contributed by atoms with Gasteiger partial charge in [0.05, 0.1) is 7.11 Å². The van der Waals surface area contributed by atoms with Gasteiger partial charge in [-0.3, -0.25) is 0 Å². The summed E-state index contributed by atoms with van der Waals surface area (Å²) in [5.41, 5.74) is 3.66. The number of rotatable bonds is 7. The van der Waals surface area contributed by atoms with Gasteiger partial charge in [-0.05, 0) is 73.5 Å². The highest BCUT2D eigenvalue weighted by atomic mass is 35.5. The Balaban J connectivity index is 1.83. The maximum absolute atomic E-state index is 12.8. The van der Waals surface area contributed by atoms with Crippen molar-refractivity contribution in [1.82, 2.24) is 9.47 Å². The molecule has 0 unspecified atom stereocenters. The third-order valence-corrected chi connectivity index (χ3v) is 6.21. The first kappa shape index (κ1) is 24.0. The molecule has 0 aliphatic rings. The van der Waals surface area contributed by atoms with Gasteiger partial charge in [0, 0.05) is 52.3 Å². The van der Waals surface area contributed by atoms with Gasteiger partial charge in [-0.1, -0.05) is 35.3 Å². The highest BCUT2D eigenvalue weighted by molar-refractivity contribution is 6.35. The van der Waals surface area contributed by atoms with Crippen LogP contribution >= 0.6 is 23.2 Å². The third-order valence-electron chi connectivity index (χ3n) is 5.77. The summed E-state index contributed by atoms with van der Waals surface area (Å²) in [4.78, 5) is 14.4. The molecule has 1 amide bonds. The number of amides is 1. The number of hydrogen-bond acceptors (Lipinski definition) is 3. The first-order valence-corrected chi connectivity index (χ1v) is 11.9. The normalized spacial score (nSPS) is 11.0. The van der Waals surface area contributed by atoms with E-state index in [1.54, 1.807) is 18.1 Å². The average molecular weight is 497 g/mol. The van der Waals surface area contributed by atoms with Crippen LogP contribution in [0.4, 0.5) is 4.79 Å². The van der Waals surface area contributed by atoms with Crippen LogP contribution in [0.3, 0.4) is 0 Å². The van der Waals surface area contributed by atoms with Crippen molar-refractivity contribution in [3.05, 3.63) is 82.5 Å². The molecule has 4 aromatic rings. The molecule has 0 atom stereocenters. The minimum absolute atomic E-state index is 0.394. The predicted octanol–water partition coefficient (Wildman–Crippen LogP) is 7.51. The van der Waals surface area contributed by atoms with Crippen LogP contribution in [0.2, 0.25) is 10.0 Å². The Labute approximate surface area is 209 Å². The lowest BCUT2D eigenvalue weighted by atomic mass is 10.0. The van der Waals surface area contributed by atoms with Crippen molar-refractivity contribution in [3.8, 4) is 22.6 Å². The number of methoxy groups -OCH3 is 1. The monoisotopic (exact) mass is 496 g/mol. The van der Waals surface area contributed by atoms with Gasteiger partial charge in [0.2, 0.25) is 0 Å². The van der Waals surface area contributed by atoms with Crippen LogP contribution in [-0.4, -0.2) is 35.8 Å². The summed E-state index contributed by atoms with van der Waals surface area (Å²) >= 11 is 12.7. The fraction of sp³-hybridized carbons (Fsp3) is 0.222. The van der Waals surface area contributed by atoms with Crippen molar-refractivity contribution in [3.63, 3.8) is 0 Å². The van der Waals surface area contributed by atoms with Crippen LogP contribution in [0.1, 0.15) is 19.4 Å². The largest absolute Gasteiger partial charge is 0.497 e. The van der Waals surface area contributed by atoms with E-state index in [0.29, 0.717) is 35.4 Å². The SMILES string of the molecule is CCN(CC)C(=O)Oc1ccc2c(ccn2Cc2cccc(OC)c2)c1-c1cc(Cl)cc(Cl)c1. The zero-order valence-corrected chi connectivity index (χ0v) is 20.9. The topological polar surface area (TPSA) is 43.7 Å². The second kappa shape index (κ2) is 10.4. The van der Waals surface area contributed by atoms with Crippen molar-refractivity contribution in [2.45, 2.75) is 20.4 Å². The molecular formula is C27H26Cl2N2O3. The van der Waals surface area contributed by atoms with Gasteiger partial charge in [-0.15, -0.1) is 0 Å². The van der Waals surface area contributed by atoms with Crippen molar-refractivity contribution in [2.75, 3.05) is 20.2 Å². The summed E-state index contributed by atoms with van der Waals surface area (Å²) in [5.74, 6) is 1.27. The molecule has 0 saturated heterocycles. The fourth-order valence-corrected chi connectivity index (χ4v) is 4.61.